The maximum Gasteiger partial charge on any atom is 0.137 e. The van der Waals surface area contributed by atoms with Crippen molar-refractivity contribution in [1.82, 2.24) is 9.97 Å². The van der Waals surface area contributed by atoms with Crippen molar-refractivity contribution in [3.8, 4) is 0 Å². The average Bonchev–Trinajstić information content (AvgIpc) is 2.46. The predicted molar refractivity (Wildman–Crippen MR) is 56.3 cm³/mol. The predicted octanol–water partition coefficient (Wildman–Crippen LogP) is 2.33. The summed E-state index contributed by atoms with van der Waals surface area (Å²) in [6.45, 7) is 4.75. The zero-order valence-electron chi connectivity index (χ0n) is 8.72. The van der Waals surface area contributed by atoms with Crippen molar-refractivity contribution in [3.05, 3.63) is 29.1 Å². The highest BCUT2D eigenvalue weighted by atomic mass is 16.5. The van der Waals surface area contributed by atoms with Gasteiger partial charge in [0.2, 0.25) is 0 Å². The van der Waals surface area contributed by atoms with Gasteiger partial charge in [-0.3, -0.25) is 0 Å². The number of pyridine rings is 1. The molecule has 74 valence electrons. The van der Waals surface area contributed by atoms with Crippen LogP contribution in [0.15, 0.2) is 12.3 Å². The standard InChI is InChI=1S/C11H14N2O/c1-7-4-9-8(2)10(6-14-3)13-11(9)12-5-7/h4-5H,6H2,1-3H3,(H,12,13). The van der Waals surface area contributed by atoms with E-state index in [-0.39, 0.29) is 0 Å². The maximum atomic E-state index is 5.11. The number of aryl methyl sites for hydroxylation is 2. The van der Waals surface area contributed by atoms with Crippen LogP contribution in [-0.4, -0.2) is 17.1 Å². The number of aromatic nitrogens is 2. The first-order valence-electron chi connectivity index (χ1n) is 4.65. The van der Waals surface area contributed by atoms with Crippen LogP contribution < -0.4 is 0 Å². The van der Waals surface area contributed by atoms with E-state index in [2.05, 4.69) is 29.9 Å². The third-order valence-electron chi connectivity index (χ3n) is 2.44. The number of nitrogens with one attached hydrogen (secondary N) is 1. The lowest BCUT2D eigenvalue weighted by Crippen LogP contribution is -1.89. The van der Waals surface area contributed by atoms with Gasteiger partial charge in [0.05, 0.1) is 6.61 Å². The highest BCUT2D eigenvalue weighted by molar-refractivity contribution is 5.81. The third kappa shape index (κ3) is 1.40. The van der Waals surface area contributed by atoms with Crippen molar-refractivity contribution in [2.45, 2.75) is 20.5 Å². The number of methoxy groups -OCH3 is 1. The van der Waals surface area contributed by atoms with Crippen LogP contribution in [0.3, 0.4) is 0 Å². The Morgan fingerprint density at radius 1 is 1.43 bits per heavy atom. The van der Waals surface area contributed by atoms with Gasteiger partial charge in [-0.2, -0.15) is 0 Å². The second kappa shape index (κ2) is 3.42. The Morgan fingerprint density at radius 3 is 2.93 bits per heavy atom. The summed E-state index contributed by atoms with van der Waals surface area (Å²) in [6.07, 6.45) is 1.87. The number of fused-ring (bicyclic) bond motifs is 1. The lowest BCUT2D eigenvalue weighted by atomic mass is 10.1. The Kier molecular flexibility index (Phi) is 2.25. The van der Waals surface area contributed by atoms with Gasteiger partial charge < -0.3 is 9.72 Å². The number of H-pyrrole nitrogens is 1. The molecule has 0 saturated heterocycles. The minimum atomic E-state index is 0.612. The molecule has 0 spiro atoms. The molecule has 2 aromatic rings. The van der Waals surface area contributed by atoms with Crippen molar-refractivity contribution in [1.29, 1.82) is 0 Å². The van der Waals surface area contributed by atoms with Crippen molar-refractivity contribution in [2.24, 2.45) is 0 Å². The molecule has 0 bridgehead atoms. The Hall–Kier alpha value is -1.35. The van der Waals surface area contributed by atoms with Crippen molar-refractivity contribution >= 4 is 11.0 Å². The van der Waals surface area contributed by atoms with E-state index in [0.29, 0.717) is 6.61 Å². The average molecular weight is 190 g/mol. The molecule has 2 rings (SSSR count). The van der Waals surface area contributed by atoms with Gasteiger partial charge >= 0.3 is 0 Å². The summed E-state index contributed by atoms with van der Waals surface area (Å²) >= 11 is 0. The van der Waals surface area contributed by atoms with Gasteiger partial charge in [-0.15, -0.1) is 0 Å². The summed E-state index contributed by atoms with van der Waals surface area (Å²) in [7, 11) is 1.70. The monoisotopic (exact) mass is 190 g/mol. The molecule has 1 N–H and O–H groups in total. The minimum absolute atomic E-state index is 0.612. The Bertz CT molecular complexity index is 460. The van der Waals surface area contributed by atoms with Gasteiger partial charge in [-0.05, 0) is 31.0 Å². The van der Waals surface area contributed by atoms with E-state index in [1.54, 1.807) is 7.11 Å². The molecule has 0 atom stereocenters. The molecule has 0 aliphatic carbocycles. The smallest absolute Gasteiger partial charge is 0.137 e. The molecule has 2 heterocycles. The molecule has 0 amide bonds. The van der Waals surface area contributed by atoms with Crippen LogP contribution in [0.4, 0.5) is 0 Å². The summed E-state index contributed by atoms with van der Waals surface area (Å²) in [5.74, 6) is 0. The van der Waals surface area contributed by atoms with Crippen LogP contribution in [0.2, 0.25) is 0 Å². The van der Waals surface area contributed by atoms with Crippen LogP contribution in [0, 0.1) is 13.8 Å². The van der Waals surface area contributed by atoms with Crippen molar-refractivity contribution < 1.29 is 4.74 Å². The van der Waals surface area contributed by atoms with Gasteiger partial charge in [0, 0.05) is 24.4 Å². The second-order valence-corrected chi connectivity index (χ2v) is 3.57. The Labute approximate surface area is 83.1 Å². The molecular formula is C11H14N2O. The maximum absolute atomic E-state index is 5.11. The second-order valence-electron chi connectivity index (χ2n) is 3.57. The fraction of sp³-hybridized carbons (Fsp3) is 0.364. The molecule has 0 aliphatic rings. The molecule has 0 radical (unpaired) electrons. The van der Waals surface area contributed by atoms with Crippen LogP contribution in [-0.2, 0) is 11.3 Å². The highest BCUT2D eigenvalue weighted by Crippen LogP contribution is 2.21. The lowest BCUT2D eigenvalue weighted by Gasteiger charge is -1.96. The fourth-order valence-electron chi connectivity index (χ4n) is 1.64. The summed E-state index contributed by atoms with van der Waals surface area (Å²) < 4.78 is 5.11. The molecule has 3 nitrogen and oxygen atoms in total. The molecule has 0 saturated carbocycles. The van der Waals surface area contributed by atoms with Crippen LogP contribution in [0.1, 0.15) is 16.8 Å². The third-order valence-corrected chi connectivity index (χ3v) is 2.44. The number of rotatable bonds is 2. The first-order valence-corrected chi connectivity index (χ1v) is 4.65. The number of hydrogen-bond donors (Lipinski definition) is 1. The molecule has 3 heteroatoms. The van der Waals surface area contributed by atoms with Gasteiger partial charge in [0.25, 0.3) is 0 Å². The van der Waals surface area contributed by atoms with E-state index < -0.39 is 0 Å². The largest absolute Gasteiger partial charge is 0.378 e. The van der Waals surface area contributed by atoms with E-state index in [4.69, 9.17) is 4.74 Å². The fourth-order valence-corrected chi connectivity index (χ4v) is 1.64. The number of ether oxygens (including phenoxy) is 1. The first kappa shape index (κ1) is 9.21. The van der Waals surface area contributed by atoms with Crippen molar-refractivity contribution in [3.63, 3.8) is 0 Å². The first-order chi connectivity index (χ1) is 6.72. The zero-order valence-corrected chi connectivity index (χ0v) is 8.72. The summed E-state index contributed by atoms with van der Waals surface area (Å²) in [5.41, 5.74) is 4.47. The highest BCUT2D eigenvalue weighted by Gasteiger charge is 2.07. The molecule has 0 fully saturated rings. The molecule has 0 aliphatic heterocycles. The normalized spacial score (nSPS) is 11.1. The Morgan fingerprint density at radius 2 is 2.21 bits per heavy atom. The quantitative estimate of drug-likeness (QED) is 0.789. The number of aromatic amines is 1. The number of nitrogens with zero attached hydrogens (tertiary/aromatic N) is 1. The van der Waals surface area contributed by atoms with Crippen LogP contribution in [0.5, 0.6) is 0 Å². The summed E-state index contributed by atoms with van der Waals surface area (Å²) in [5, 5.41) is 1.19. The van der Waals surface area contributed by atoms with Crippen LogP contribution >= 0.6 is 0 Å². The van der Waals surface area contributed by atoms with Gasteiger partial charge in [0.1, 0.15) is 5.65 Å². The van der Waals surface area contributed by atoms with E-state index in [1.165, 1.54) is 16.5 Å². The van der Waals surface area contributed by atoms with Gasteiger partial charge in [-0.1, -0.05) is 0 Å². The topological polar surface area (TPSA) is 37.9 Å². The van der Waals surface area contributed by atoms with E-state index >= 15 is 0 Å². The van der Waals surface area contributed by atoms with Gasteiger partial charge in [0.15, 0.2) is 0 Å². The lowest BCUT2D eigenvalue weighted by molar-refractivity contribution is 0.181. The molecule has 2 aromatic heterocycles. The molecule has 14 heavy (non-hydrogen) atoms. The van der Waals surface area contributed by atoms with E-state index in [1.807, 2.05) is 6.20 Å². The SMILES string of the molecule is COCc1[nH]c2ncc(C)cc2c1C. The summed E-state index contributed by atoms with van der Waals surface area (Å²) in [4.78, 5) is 7.59. The molecule has 0 aromatic carbocycles. The Balaban J connectivity index is 2.62. The van der Waals surface area contributed by atoms with E-state index in [9.17, 15) is 0 Å². The van der Waals surface area contributed by atoms with Gasteiger partial charge in [-0.25, -0.2) is 4.98 Å². The molecular weight excluding hydrogens is 176 g/mol. The number of hydrogen-bond acceptors (Lipinski definition) is 2. The van der Waals surface area contributed by atoms with Crippen LogP contribution in [0.25, 0.3) is 11.0 Å². The summed E-state index contributed by atoms with van der Waals surface area (Å²) in [6, 6.07) is 2.15. The minimum Gasteiger partial charge on any atom is -0.378 e. The van der Waals surface area contributed by atoms with Crippen molar-refractivity contribution in [2.75, 3.05) is 7.11 Å². The zero-order chi connectivity index (χ0) is 10.1. The molecule has 0 unspecified atom stereocenters. The van der Waals surface area contributed by atoms with E-state index in [0.717, 1.165) is 11.3 Å².